The minimum atomic E-state index is 0.483. The summed E-state index contributed by atoms with van der Waals surface area (Å²) in [6.07, 6.45) is 0.812. The largest absolute Gasteiger partial charge is 0.382 e. The van der Waals surface area contributed by atoms with Gasteiger partial charge in [0.25, 0.3) is 0 Å². The molecule has 3 N–H and O–H groups in total. The molecule has 0 saturated heterocycles. The van der Waals surface area contributed by atoms with Crippen molar-refractivity contribution in [3.05, 3.63) is 47.4 Å². The summed E-state index contributed by atoms with van der Waals surface area (Å²) in [5, 5.41) is 0. The minimum Gasteiger partial charge on any atom is -0.382 e. The molecule has 0 unspecified atom stereocenters. The molecule has 108 valence electrons. The Hall–Kier alpha value is -2.56. The molecule has 5 heteroatoms. The standard InChI is InChI=1S/C16H19N5/c1-4-13-19-14-15(10(2)11(3)18-16(14)17)21(13)20-12-8-6-5-7-9-12/h5-9,20H,4H2,1-3H3,(H2,17,18). The van der Waals surface area contributed by atoms with Crippen molar-refractivity contribution >= 4 is 22.5 Å². The number of para-hydroxylation sites is 1. The number of nitrogens with one attached hydrogen (secondary N) is 1. The summed E-state index contributed by atoms with van der Waals surface area (Å²) in [7, 11) is 0. The number of hydrogen-bond donors (Lipinski definition) is 2. The Morgan fingerprint density at radius 2 is 1.86 bits per heavy atom. The first kappa shape index (κ1) is 13.4. The third-order valence-corrected chi connectivity index (χ3v) is 3.71. The number of aryl methyl sites for hydroxylation is 3. The Kier molecular flexibility index (Phi) is 3.25. The average Bonchev–Trinajstić information content (AvgIpc) is 2.85. The molecule has 3 aromatic rings. The number of nitrogen functional groups attached to an aromatic ring is 1. The van der Waals surface area contributed by atoms with Crippen LogP contribution in [0.25, 0.3) is 11.0 Å². The maximum atomic E-state index is 6.04. The monoisotopic (exact) mass is 281 g/mol. The number of pyridine rings is 1. The Morgan fingerprint density at radius 3 is 2.52 bits per heavy atom. The van der Waals surface area contributed by atoms with E-state index >= 15 is 0 Å². The number of benzene rings is 1. The van der Waals surface area contributed by atoms with Gasteiger partial charge < -0.3 is 5.73 Å². The Balaban J connectivity index is 2.25. The number of imidazole rings is 1. The molecule has 0 radical (unpaired) electrons. The zero-order chi connectivity index (χ0) is 15.0. The molecule has 0 spiro atoms. The van der Waals surface area contributed by atoms with Crippen LogP contribution in [0.2, 0.25) is 0 Å². The van der Waals surface area contributed by atoms with Gasteiger partial charge in [0.05, 0.1) is 11.2 Å². The van der Waals surface area contributed by atoms with E-state index in [1.54, 1.807) is 0 Å². The van der Waals surface area contributed by atoms with E-state index < -0.39 is 0 Å². The molecule has 2 aromatic heterocycles. The molecule has 21 heavy (non-hydrogen) atoms. The predicted molar refractivity (Wildman–Crippen MR) is 86.3 cm³/mol. The molecular weight excluding hydrogens is 262 g/mol. The summed E-state index contributed by atoms with van der Waals surface area (Å²) >= 11 is 0. The molecule has 0 saturated carbocycles. The fraction of sp³-hybridized carbons (Fsp3) is 0.250. The van der Waals surface area contributed by atoms with Crippen LogP contribution in [0.1, 0.15) is 24.0 Å². The van der Waals surface area contributed by atoms with Crippen LogP contribution in [0.3, 0.4) is 0 Å². The first-order valence-electron chi connectivity index (χ1n) is 7.08. The zero-order valence-electron chi connectivity index (χ0n) is 12.5. The van der Waals surface area contributed by atoms with Crippen molar-refractivity contribution in [2.24, 2.45) is 0 Å². The van der Waals surface area contributed by atoms with E-state index in [1.807, 2.05) is 41.9 Å². The molecule has 0 atom stereocenters. The van der Waals surface area contributed by atoms with Crippen LogP contribution in [0.5, 0.6) is 0 Å². The van der Waals surface area contributed by atoms with E-state index in [0.717, 1.165) is 40.2 Å². The summed E-state index contributed by atoms with van der Waals surface area (Å²) in [6.45, 7) is 6.10. The van der Waals surface area contributed by atoms with Crippen LogP contribution in [-0.4, -0.2) is 14.6 Å². The number of fused-ring (bicyclic) bond motifs is 1. The van der Waals surface area contributed by atoms with Gasteiger partial charge >= 0.3 is 0 Å². The third-order valence-electron chi connectivity index (χ3n) is 3.71. The summed E-state index contributed by atoms with van der Waals surface area (Å²) in [5.74, 6) is 1.42. The van der Waals surface area contributed by atoms with E-state index in [4.69, 9.17) is 5.73 Å². The second-order valence-corrected chi connectivity index (χ2v) is 5.10. The van der Waals surface area contributed by atoms with Crippen molar-refractivity contribution in [2.75, 3.05) is 11.2 Å². The van der Waals surface area contributed by atoms with Gasteiger partial charge in [-0.05, 0) is 31.5 Å². The smallest absolute Gasteiger partial charge is 0.151 e. The molecule has 0 bridgehead atoms. The molecule has 1 aromatic carbocycles. The number of anilines is 2. The number of aromatic nitrogens is 3. The summed E-state index contributed by atoms with van der Waals surface area (Å²) in [4.78, 5) is 9.01. The number of nitrogens with zero attached hydrogens (tertiary/aromatic N) is 3. The quantitative estimate of drug-likeness (QED) is 0.774. The van der Waals surface area contributed by atoms with E-state index in [9.17, 15) is 0 Å². The van der Waals surface area contributed by atoms with E-state index in [1.165, 1.54) is 0 Å². The van der Waals surface area contributed by atoms with Crippen LogP contribution in [0.4, 0.5) is 11.5 Å². The number of rotatable bonds is 3. The summed E-state index contributed by atoms with van der Waals surface area (Å²) in [6, 6.07) is 10.0. The lowest BCUT2D eigenvalue weighted by molar-refractivity contribution is 0.854. The molecule has 5 nitrogen and oxygen atoms in total. The normalized spacial score (nSPS) is 11.0. The highest BCUT2D eigenvalue weighted by Gasteiger charge is 2.16. The van der Waals surface area contributed by atoms with E-state index in [-0.39, 0.29) is 0 Å². The van der Waals surface area contributed by atoms with Crippen LogP contribution >= 0.6 is 0 Å². The van der Waals surface area contributed by atoms with Gasteiger partial charge in [-0.15, -0.1) is 0 Å². The lowest BCUT2D eigenvalue weighted by Crippen LogP contribution is -2.13. The van der Waals surface area contributed by atoms with E-state index in [0.29, 0.717) is 5.82 Å². The van der Waals surface area contributed by atoms with Crippen molar-refractivity contribution in [2.45, 2.75) is 27.2 Å². The van der Waals surface area contributed by atoms with Gasteiger partial charge in [0.1, 0.15) is 11.3 Å². The third kappa shape index (κ3) is 2.20. The maximum Gasteiger partial charge on any atom is 0.151 e. The molecule has 0 aliphatic rings. The minimum absolute atomic E-state index is 0.483. The van der Waals surface area contributed by atoms with Gasteiger partial charge in [0, 0.05) is 12.1 Å². The van der Waals surface area contributed by atoms with Gasteiger partial charge in [-0.1, -0.05) is 25.1 Å². The maximum absolute atomic E-state index is 6.04. The fourth-order valence-electron chi connectivity index (χ4n) is 2.48. The first-order valence-corrected chi connectivity index (χ1v) is 7.08. The second kappa shape index (κ2) is 5.09. The van der Waals surface area contributed by atoms with Gasteiger partial charge in [0.2, 0.25) is 0 Å². The van der Waals surface area contributed by atoms with Crippen LogP contribution < -0.4 is 11.2 Å². The summed E-state index contributed by atoms with van der Waals surface area (Å²) < 4.78 is 2.02. The fourth-order valence-corrected chi connectivity index (χ4v) is 2.48. The van der Waals surface area contributed by atoms with Gasteiger partial charge in [0.15, 0.2) is 5.82 Å². The molecule has 0 aliphatic carbocycles. The Bertz CT molecular complexity index is 790. The number of hydrogen-bond acceptors (Lipinski definition) is 4. The Morgan fingerprint density at radius 1 is 1.14 bits per heavy atom. The highest BCUT2D eigenvalue weighted by Crippen LogP contribution is 2.26. The van der Waals surface area contributed by atoms with Crippen molar-refractivity contribution in [1.82, 2.24) is 14.6 Å². The van der Waals surface area contributed by atoms with Gasteiger partial charge in [-0.25, -0.2) is 14.6 Å². The number of nitrogens with two attached hydrogens (primary N) is 1. The van der Waals surface area contributed by atoms with Gasteiger partial charge in [-0.3, -0.25) is 5.43 Å². The van der Waals surface area contributed by atoms with Crippen molar-refractivity contribution in [3.8, 4) is 0 Å². The second-order valence-electron chi connectivity index (χ2n) is 5.10. The topological polar surface area (TPSA) is 68.8 Å². The average molecular weight is 281 g/mol. The van der Waals surface area contributed by atoms with Gasteiger partial charge in [-0.2, -0.15) is 0 Å². The van der Waals surface area contributed by atoms with Crippen molar-refractivity contribution in [3.63, 3.8) is 0 Å². The first-order chi connectivity index (χ1) is 10.1. The van der Waals surface area contributed by atoms with Crippen molar-refractivity contribution in [1.29, 1.82) is 0 Å². The van der Waals surface area contributed by atoms with Crippen LogP contribution in [0, 0.1) is 13.8 Å². The molecule has 0 aliphatic heterocycles. The molecule has 0 amide bonds. The molecular formula is C16H19N5. The zero-order valence-corrected chi connectivity index (χ0v) is 12.5. The SMILES string of the molecule is CCc1nc2c(N)nc(C)c(C)c2n1Nc1ccccc1. The molecule has 3 rings (SSSR count). The van der Waals surface area contributed by atoms with Crippen LogP contribution in [0.15, 0.2) is 30.3 Å². The Labute approximate surface area is 123 Å². The van der Waals surface area contributed by atoms with Crippen molar-refractivity contribution < 1.29 is 0 Å². The van der Waals surface area contributed by atoms with E-state index in [2.05, 4.69) is 29.2 Å². The lowest BCUT2D eigenvalue weighted by atomic mass is 10.2. The highest BCUT2D eigenvalue weighted by molar-refractivity contribution is 5.89. The molecule has 0 fully saturated rings. The highest BCUT2D eigenvalue weighted by atomic mass is 15.4. The predicted octanol–water partition coefficient (Wildman–Crippen LogP) is 3.07. The van der Waals surface area contributed by atoms with Crippen LogP contribution in [-0.2, 0) is 6.42 Å². The molecule has 2 heterocycles. The lowest BCUT2D eigenvalue weighted by Gasteiger charge is -2.13. The summed E-state index contributed by atoms with van der Waals surface area (Å²) in [5.41, 5.74) is 14.3.